The van der Waals surface area contributed by atoms with Crippen LogP contribution in [0.3, 0.4) is 0 Å². The average Bonchev–Trinajstić information content (AvgIpc) is 2.45. The lowest BCUT2D eigenvalue weighted by Gasteiger charge is -2.07. The first-order valence-electron chi connectivity index (χ1n) is 5.40. The van der Waals surface area contributed by atoms with E-state index in [1.165, 1.54) is 18.5 Å². The Balaban J connectivity index is 2.08. The number of carbonyl (C=O) groups is 1. The van der Waals surface area contributed by atoms with Gasteiger partial charge in [-0.15, -0.1) is 0 Å². The highest BCUT2D eigenvalue weighted by Crippen LogP contribution is 2.21. The van der Waals surface area contributed by atoms with Gasteiger partial charge in [-0.3, -0.25) is 9.78 Å². The second-order valence-corrected chi connectivity index (χ2v) is 4.14. The van der Waals surface area contributed by atoms with Gasteiger partial charge in [-0.1, -0.05) is 17.7 Å². The highest BCUT2D eigenvalue weighted by atomic mass is 35.5. The van der Waals surface area contributed by atoms with Gasteiger partial charge in [0.25, 0.3) is 5.91 Å². The van der Waals surface area contributed by atoms with Crippen molar-refractivity contribution in [2.75, 3.05) is 0 Å². The van der Waals surface area contributed by atoms with Crippen LogP contribution in [0.5, 0.6) is 0 Å². The van der Waals surface area contributed by atoms with Crippen molar-refractivity contribution in [1.82, 2.24) is 10.3 Å². The predicted molar refractivity (Wildman–Crippen MR) is 66.8 cm³/mol. The van der Waals surface area contributed by atoms with Crippen molar-refractivity contribution in [2.45, 2.75) is 6.54 Å². The maximum Gasteiger partial charge on any atom is 0.253 e. The fourth-order valence-electron chi connectivity index (χ4n) is 1.48. The Labute approximate surface area is 113 Å². The monoisotopic (exact) mass is 282 g/mol. The van der Waals surface area contributed by atoms with Gasteiger partial charge in [0.15, 0.2) is 0 Å². The van der Waals surface area contributed by atoms with Crippen molar-refractivity contribution in [3.05, 3.63) is 64.4 Å². The summed E-state index contributed by atoms with van der Waals surface area (Å²) in [5.74, 6) is -2.09. The summed E-state index contributed by atoms with van der Waals surface area (Å²) in [7, 11) is 0. The van der Waals surface area contributed by atoms with Crippen LogP contribution in [0.1, 0.15) is 15.9 Å². The van der Waals surface area contributed by atoms with Crippen LogP contribution in [0.15, 0.2) is 36.7 Å². The molecule has 0 saturated heterocycles. The number of rotatable bonds is 3. The Kier molecular flexibility index (Phi) is 4.06. The fourth-order valence-corrected chi connectivity index (χ4v) is 1.66. The van der Waals surface area contributed by atoms with E-state index in [1.807, 2.05) is 0 Å². The van der Waals surface area contributed by atoms with E-state index < -0.39 is 22.6 Å². The Morgan fingerprint density at radius 1 is 1.32 bits per heavy atom. The van der Waals surface area contributed by atoms with Gasteiger partial charge in [0, 0.05) is 24.5 Å². The molecule has 0 spiro atoms. The zero-order valence-electron chi connectivity index (χ0n) is 9.66. The van der Waals surface area contributed by atoms with Crippen molar-refractivity contribution < 1.29 is 13.6 Å². The molecule has 0 aliphatic carbocycles. The van der Waals surface area contributed by atoms with Crippen molar-refractivity contribution in [3.63, 3.8) is 0 Å². The van der Waals surface area contributed by atoms with E-state index in [9.17, 15) is 13.6 Å². The number of amides is 1. The average molecular weight is 283 g/mol. The molecule has 2 rings (SSSR count). The Bertz CT molecular complexity index is 605. The molecule has 0 unspecified atom stereocenters. The molecule has 0 saturated carbocycles. The SMILES string of the molecule is O=C(NCc1ccc(F)c(Cl)c1F)c1cccnc1. The normalized spacial score (nSPS) is 10.3. The van der Waals surface area contributed by atoms with Crippen molar-refractivity contribution in [3.8, 4) is 0 Å². The van der Waals surface area contributed by atoms with E-state index in [0.29, 0.717) is 5.56 Å². The van der Waals surface area contributed by atoms with Crippen LogP contribution in [0.2, 0.25) is 5.02 Å². The zero-order chi connectivity index (χ0) is 13.8. The number of hydrogen-bond donors (Lipinski definition) is 1. The first-order valence-corrected chi connectivity index (χ1v) is 5.78. The van der Waals surface area contributed by atoms with Crippen molar-refractivity contribution >= 4 is 17.5 Å². The van der Waals surface area contributed by atoms with Gasteiger partial charge in [-0.25, -0.2) is 8.78 Å². The van der Waals surface area contributed by atoms with Crippen LogP contribution < -0.4 is 5.32 Å². The lowest BCUT2D eigenvalue weighted by atomic mass is 10.2. The third kappa shape index (κ3) is 3.06. The molecule has 0 radical (unpaired) electrons. The zero-order valence-corrected chi connectivity index (χ0v) is 10.4. The molecule has 2 aromatic rings. The minimum absolute atomic E-state index is 0.0838. The van der Waals surface area contributed by atoms with Gasteiger partial charge in [0.05, 0.1) is 5.56 Å². The van der Waals surface area contributed by atoms with Crippen LogP contribution >= 0.6 is 11.6 Å². The van der Waals surface area contributed by atoms with Crippen LogP contribution in [0.25, 0.3) is 0 Å². The van der Waals surface area contributed by atoms with Crippen molar-refractivity contribution in [1.29, 1.82) is 0 Å². The number of carbonyl (C=O) groups excluding carboxylic acids is 1. The molecule has 0 aliphatic heterocycles. The Morgan fingerprint density at radius 3 is 2.79 bits per heavy atom. The van der Waals surface area contributed by atoms with E-state index in [2.05, 4.69) is 10.3 Å². The molecule has 1 N–H and O–H groups in total. The van der Waals surface area contributed by atoms with E-state index in [1.54, 1.807) is 12.1 Å². The number of nitrogens with zero attached hydrogens (tertiary/aromatic N) is 1. The topological polar surface area (TPSA) is 42.0 Å². The van der Waals surface area contributed by atoms with Gasteiger partial charge < -0.3 is 5.32 Å². The molecule has 3 nitrogen and oxygen atoms in total. The fraction of sp³-hybridized carbons (Fsp3) is 0.0769. The molecule has 98 valence electrons. The maximum atomic E-state index is 13.6. The molecule has 0 atom stereocenters. The number of pyridine rings is 1. The standard InChI is InChI=1S/C13H9ClF2N2O/c14-11-10(15)4-3-8(12(11)16)7-18-13(19)9-2-1-5-17-6-9/h1-6H,7H2,(H,18,19). The Hall–Kier alpha value is -2.01. The summed E-state index contributed by atoms with van der Waals surface area (Å²) in [5, 5.41) is 1.93. The molecule has 0 aliphatic rings. The highest BCUT2D eigenvalue weighted by Gasteiger charge is 2.12. The summed E-state index contributed by atoms with van der Waals surface area (Å²) >= 11 is 5.44. The van der Waals surface area contributed by atoms with E-state index in [0.717, 1.165) is 6.07 Å². The molecule has 1 heterocycles. The first kappa shape index (κ1) is 13.4. The van der Waals surface area contributed by atoms with E-state index in [4.69, 9.17) is 11.6 Å². The third-order valence-electron chi connectivity index (χ3n) is 2.48. The third-order valence-corrected chi connectivity index (χ3v) is 2.82. The lowest BCUT2D eigenvalue weighted by molar-refractivity contribution is 0.0950. The molecule has 6 heteroatoms. The second kappa shape index (κ2) is 5.75. The lowest BCUT2D eigenvalue weighted by Crippen LogP contribution is -2.23. The Morgan fingerprint density at radius 2 is 2.11 bits per heavy atom. The van der Waals surface area contributed by atoms with Crippen LogP contribution in [0.4, 0.5) is 8.78 Å². The summed E-state index contributed by atoms with van der Waals surface area (Å²) in [5.41, 5.74) is 0.472. The van der Waals surface area contributed by atoms with Gasteiger partial charge >= 0.3 is 0 Å². The van der Waals surface area contributed by atoms with Crippen molar-refractivity contribution in [2.24, 2.45) is 0 Å². The molecular weight excluding hydrogens is 274 g/mol. The number of aromatic nitrogens is 1. The molecule has 1 aromatic heterocycles. The minimum Gasteiger partial charge on any atom is -0.348 e. The molecule has 0 bridgehead atoms. The largest absolute Gasteiger partial charge is 0.348 e. The number of hydrogen-bond acceptors (Lipinski definition) is 2. The summed E-state index contributed by atoms with van der Waals surface area (Å²) < 4.78 is 26.5. The molecule has 1 aromatic carbocycles. The summed E-state index contributed by atoms with van der Waals surface area (Å²) in [4.78, 5) is 15.5. The first-order chi connectivity index (χ1) is 9.09. The molecule has 1 amide bonds. The molecule has 0 fully saturated rings. The maximum absolute atomic E-state index is 13.6. The molecule has 19 heavy (non-hydrogen) atoms. The van der Waals surface area contributed by atoms with Crippen LogP contribution in [-0.4, -0.2) is 10.9 Å². The van der Waals surface area contributed by atoms with Crippen LogP contribution in [0, 0.1) is 11.6 Å². The van der Waals surface area contributed by atoms with Crippen LogP contribution in [-0.2, 0) is 6.54 Å². The van der Waals surface area contributed by atoms with Gasteiger partial charge in [0.1, 0.15) is 16.7 Å². The predicted octanol–water partition coefficient (Wildman–Crippen LogP) is 2.94. The summed E-state index contributed by atoms with van der Waals surface area (Å²) in [6.45, 7) is -0.0838. The molecular formula is C13H9ClF2N2O. The number of benzene rings is 1. The highest BCUT2D eigenvalue weighted by molar-refractivity contribution is 6.30. The minimum atomic E-state index is -0.867. The summed E-state index contributed by atoms with van der Waals surface area (Å²) in [6, 6.07) is 5.48. The van der Waals surface area contributed by atoms with E-state index in [-0.39, 0.29) is 12.1 Å². The van der Waals surface area contributed by atoms with Gasteiger partial charge in [-0.2, -0.15) is 0 Å². The number of nitrogens with one attached hydrogen (secondary N) is 1. The van der Waals surface area contributed by atoms with Gasteiger partial charge in [-0.05, 0) is 18.2 Å². The summed E-state index contributed by atoms with van der Waals surface area (Å²) in [6.07, 6.45) is 2.93. The van der Waals surface area contributed by atoms with E-state index >= 15 is 0 Å². The van der Waals surface area contributed by atoms with Gasteiger partial charge in [0.2, 0.25) is 0 Å². The smallest absolute Gasteiger partial charge is 0.253 e. The second-order valence-electron chi connectivity index (χ2n) is 3.76. The number of halogens is 3. The quantitative estimate of drug-likeness (QED) is 0.880.